The standard InChI is InChI=1S/C18H25N5O4/c1-12-8-15(20-27-12)19-16(24)11-21-4-6-22(7-5-21)18(26)13-9-17(25)23(10-13)14-2-3-14/h8,13-14H,2-7,9-11H2,1H3,(H,19,20,24)/t13-/m1/s1. The fourth-order valence-electron chi connectivity index (χ4n) is 3.83. The van der Waals surface area contributed by atoms with Crippen LogP contribution in [0.4, 0.5) is 5.82 Å². The van der Waals surface area contributed by atoms with Gasteiger partial charge in [-0.25, -0.2) is 0 Å². The van der Waals surface area contributed by atoms with E-state index in [2.05, 4.69) is 10.5 Å². The number of hydrogen-bond donors (Lipinski definition) is 1. The maximum absolute atomic E-state index is 12.7. The fourth-order valence-corrected chi connectivity index (χ4v) is 3.83. The topological polar surface area (TPSA) is 99.0 Å². The van der Waals surface area contributed by atoms with Gasteiger partial charge in [0.2, 0.25) is 17.7 Å². The van der Waals surface area contributed by atoms with Crippen molar-refractivity contribution in [3.63, 3.8) is 0 Å². The molecule has 1 saturated carbocycles. The number of piperazine rings is 1. The van der Waals surface area contributed by atoms with E-state index in [1.165, 1.54) is 0 Å². The molecule has 3 aliphatic rings. The lowest BCUT2D eigenvalue weighted by Gasteiger charge is -2.35. The molecule has 2 saturated heterocycles. The van der Waals surface area contributed by atoms with Crippen molar-refractivity contribution in [2.45, 2.75) is 32.2 Å². The summed E-state index contributed by atoms with van der Waals surface area (Å²) >= 11 is 0. The van der Waals surface area contributed by atoms with Crippen LogP contribution >= 0.6 is 0 Å². The van der Waals surface area contributed by atoms with E-state index >= 15 is 0 Å². The molecule has 0 unspecified atom stereocenters. The smallest absolute Gasteiger partial charge is 0.239 e. The molecule has 27 heavy (non-hydrogen) atoms. The van der Waals surface area contributed by atoms with Crippen molar-refractivity contribution < 1.29 is 18.9 Å². The molecule has 1 aromatic rings. The molecule has 0 radical (unpaired) electrons. The van der Waals surface area contributed by atoms with Gasteiger partial charge in [-0.05, 0) is 19.8 Å². The third kappa shape index (κ3) is 4.13. The number of rotatable bonds is 5. The van der Waals surface area contributed by atoms with Gasteiger partial charge in [0, 0.05) is 51.3 Å². The first-order valence-electron chi connectivity index (χ1n) is 9.53. The summed E-state index contributed by atoms with van der Waals surface area (Å²) in [5.74, 6) is 0.899. The highest BCUT2D eigenvalue weighted by molar-refractivity contribution is 5.91. The van der Waals surface area contributed by atoms with Crippen LogP contribution in [0.25, 0.3) is 0 Å². The minimum Gasteiger partial charge on any atom is -0.360 e. The number of nitrogens with one attached hydrogen (secondary N) is 1. The third-order valence-corrected chi connectivity index (χ3v) is 5.44. The number of likely N-dealkylation sites (tertiary alicyclic amines) is 1. The van der Waals surface area contributed by atoms with Crippen molar-refractivity contribution >= 4 is 23.5 Å². The largest absolute Gasteiger partial charge is 0.360 e. The Hall–Kier alpha value is -2.42. The summed E-state index contributed by atoms with van der Waals surface area (Å²) in [6.45, 7) is 5.05. The molecule has 2 aliphatic heterocycles. The lowest BCUT2D eigenvalue weighted by Crippen LogP contribution is -2.52. The predicted octanol–water partition coefficient (Wildman–Crippen LogP) is 0.0766. The van der Waals surface area contributed by atoms with Crippen molar-refractivity contribution in [2.24, 2.45) is 5.92 Å². The summed E-state index contributed by atoms with van der Waals surface area (Å²) < 4.78 is 4.93. The van der Waals surface area contributed by atoms with Crippen molar-refractivity contribution in [2.75, 3.05) is 44.6 Å². The summed E-state index contributed by atoms with van der Waals surface area (Å²) in [5, 5.41) is 6.45. The molecular weight excluding hydrogens is 350 g/mol. The maximum Gasteiger partial charge on any atom is 0.239 e. The molecule has 4 rings (SSSR count). The number of carbonyl (C=O) groups excluding carboxylic acids is 3. The summed E-state index contributed by atoms with van der Waals surface area (Å²) in [4.78, 5) is 42.6. The van der Waals surface area contributed by atoms with Crippen LogP contribution in [0.1, 0.15) is 25.0 Å². The number of aryl methyl sites for hydroxylation is 1. The van der Waals surface area contributed by atoms with Gasteiger partial charge in [-0.15, -0.1) is 0 Å². The summed E-state index contributed by atoms with van der Waals surface area (Å²) in [7, 11) is 0. The molecule has 3 heterocycles. The van der Waals surface area contributed by atoms with E-state index in [0.29, 0.717) is 56.8 Å². The zero-order valence-corrected chi connectivity index (χ0v) is 15.5. The van der Waals surface area contributed by atoms with E-state index in [-0.39, 0.29) is 30.2 Å². The first-order chi connectivity index (χ1) is 13.0. The van der Waals surface area contributed by atoms with Crippen LogP contribution in [-0.2, 0) is 14.4 Å². The molecule has 9 heteroatoms. The minimum atomic E-state index is -0.205. The lowest BCUT2D eigenvalue weighted by atomic mass is 10.1. The molecule has 1 aliphatic carbocycles. The Morgan fingerprint density at radius 3 is 2.63 bits per heavy atom. The van der Waals surface area contributed by atoms with E-state index < -0.39 is 0 Å². The summed E-state index contributed by atoms with van der Waals surface area (Å²) in [6.07, 6.45) is 2.48. The second kappa shape index (κ2) is 7.30. The number of hydrogen-bond acceptors (Lipinski definition) is 6. The lowest BCUT2D eigenvalue weighted by molar-refractivity contribution is -0.137. The van der Waals surface area contributed by atoms with Gasteiger partial charge in [-0.1, -0.05) is 5.16 Å². The fraction of sp³-hybridized carbons (Fsp3) is 0.667. The monoisotopic (exact) mass is 375 g/mol. The van der Waals surface area contributed by atoms with Gasteiger partial charge in [0.1, 0.15) is 5.76 Å². The number of aromatic nitrogens is 1. The second-order valence-electron chi connectivity index (χ2n) is 7.65. The Kier molecular flexibility index (Phi) is 4.86. The number of amides is 3. The minimum absolute atomic E-state index is 0.0775. The van der Waals surface area contributed by atoms with Gasteiger partial charge in [0.15, 0.2) is 5.82 Å². The average Bonchev–Trinajstić information content (AvgIpc) is 3.30. The first kappa shape index (κ1) is 18.0. The highest BCUT2D eigenvalue weighted by Crippen LogP contribution is 2.33. The molecule has 0 bridgehead atoms. The molecular formula is C18H25N5O4. The molecule has 9 nitrogen and oxygen atoms in total. The van der Waals surface area contributed by atoms with Gasteiger partial charge in [0.05, 0.1) is 12.5 Å². The third-order valence-electron chi connectivity index (χ3n) is 5.44. The molecule has 1 N–H and O–H groups in total. The SMILES string of the molecule is Cc1cc(NC(=O)CN2CCN(C(=O)[C@@H]3CC(=O)N(C4CC4)C3)CC2)no1. The zero-order chi connectivity index (χ0) is 19.0. The molecule has 3 amide bonds. The molecule has 146 valence electrons. The van der Waals surface area contributed by atoms with Crippen molar-refractivity contribution in [3.8, 4) is 0 Å². The van der Waals surface area contributed by atoms with E-state index in [4.69, 9.17) is 4.52 Å². The van der Waals surface area contributed by atoms with Crippen molar-refractivity contribution in [3.05, 3.63) is 11.8 Å². The van der Waals surface area contributed by atoms with E-state index in [9.17, 15) is 14.4 Å². The highest BCUT2D eigenvalue weighted by atomic mass is 16.5. The van der Waals surface area contributed by atoms with Crippen LogP contribution in [0.3, 0.4) is 0 Å². The van der Waals surface area contributed by atoms with Gasteiger partial charge < -0.3 is 19.6 Å². The van der Waals surface area contributed by atoms with E-state index in [1.54, 1.807) is 13.0 Å². The van der Waals surface area contributed by atoms with Crippen molar-refractivity contribution in [1.82, 2.24) is 19.9 Å². The number of nitrogens with zero attached hydrogens (tertiary/aromatic N) is 4. The Morgan fingerprint density at radius 2 is 2.00 bits per heavy atom. The maximum atomic E-state index is 12.7. The average molecular weight is 375 g/mol. The zero-order valence-electron chi connectivity index (χ0n) is 15.5. The number of anilines is 1. The molecule has 1 atom stereocenters. The highest BCUT2D eigenvalue weighted by Gasteiger charge is 2.43. The van der Waals surface area contributed by atoms with Crippen LogP contribution in [0.15, 0.2) is 10.6 Å². The normalized spacial score (nSPS) is 23.7. The predicted molar refractivity (Wildman–Crippen MR) is 95.7 cm³/mol. The van der Waals surface area contributed by atoms with Gasteiger partial charge in [0.25, 0.3) is 0 Å². The Balaban J connectivity index is 1.22. The van der Waals surface area contributed by atoms with Gasteiger partial charge in [-0.2, -0.15) is 0 Å². The Labute approximate surface area is 157 Å². The van der Waals surface area contributed by atoms with E-state index in [1.807, 2.05) is 14.7 Å². The summed E-state index contributed by atoms with van der Waals surface area (Å²) in [6, 6.07) is 2.04. The number of carbonyl (C=O) groups is 3. The van der Waals surface area contributed by atoms with Crippen LogP contribution < -0.4 is 5.32 Å². The molecule has 0 spiro atoms. The van der Waals surface area contributed by atoms with Crippen molar-refractivity contribution in [1.29, 1.82) is 0 Å². The second-order valence-corrected chi connectivity index (χ2v) is 7.65. The summed E-state index contributed by atoms with van der Waals surface area (Å²) in [5.41, 5.74) is 0. The Bertz CT molecular complexity index is 736. The van der Waals surface area contributed by atoms with Crippen LogP contribution in [-0.4, -0.2) is 82.9 Å². The van der Waals surface area contributed by atoms with Crippen LogP contribution in [0.5, 0.6) is 0 Å². The van der Waals surface area contributed by atoms with E-state index in [0.717, 1.165) is 12.8 Å². The Morgan fingerprint density at radius 1 is 1.26 bits per heavy atom. The molecule has 1 aromatic heterocycles. The van der Waals surface area contributed by atoms with Gasteiger partial charge >= 0.3 is 0 Å². The first-order valence-corrected chi connectivity index (χ1v) is 9.53. The quantitative estimate of drug-likeness (QED) is 0.782. The van der Waals surface area contributed by atoms with Crippen LogP contribution in [0.2, 0.25) is 0 Å². The molecule has 0 aromatic carbocycles. The molecule has 3 fully saturated rings. The van der Waals surface area contributed by atoms with Crippen LogP contribution in [0, 0.1) is 12.8 Å². The van der Waals surface area contributed by atoms with Gasteiger partial charge in [-0.3, -0.25) is 19.3 Å².